The molecule has 8 heteroatoms. The van der Waals surface area contributed by atoms with E-state index in [-0.39, 0.29) is 5.56 Å². The number of rotatable bonds is 3. The number of hydrogen-bond donors (Lipinski definition) is 2. The molecule has 1 aromatic heterocycles. The highest BCUT2D eigenvalue weighted by Gasteiger charge is 2.25. The second kappa shape index (κ2) is 5.72. The topological polar surface area (TPSA) is 93.4 Å². The number of carbonyl (C=O) groups is 1. The Morgan fingerprint density at radius 2 is 2.23 bits per heavy atom. The molecule has 2 N–H and O–H groups in total. The lowest BCUT2D eigenvalue weighted by Gasteiger charge is -2.11. The molecule has 2 heterocycles. The van der Waals surface area contributed by atoms with Crippen LogP contribution in [0.4, 0.5) is 5.69 Å². The number of ether oxygens (including phenoxy) is 1. The molecular formula is C14H13N3O4S. The first kappa shape index (κ1) is 14.5. The van der Waals surface area contributed by atoms with Gasteiger partial charge in [0.2, 0.25) is 5.88 Å². The Morgan fingerprint density at radius 1 is 1.45 bits per heavy atom. The van der Waals surface area contributed by atoms with Gasteiger partial charge in [-0.05, 0) is 12.1 Å². The maximum absolute atomic E-state index is 12.3. The minimum Gasteiger partial charge on any atom is -0.495 e. The molecule has 0 spiro atoms. The molecular weight excluding hydrogens is 306 g/mol. The van der Waals surface area contributed by atoms with Crippen molar-refractivity contribution < 1.29 is 14.6 Å². The Balaban J connectivity index is 1.98. The Bertz CT molecular complexity index is 803. The summed E-state index contributed by atoms with van der Waals surface area (Å²) < 4.78 is 6.53. The fraction of sp³-hybridized carbons (Fsp3) is 0.214. The minimum absolute atomic E-state index is 0.364. The molecule has 1 aliphatic heterocycles. The van der Waals surface area contributed by atoms with E-state index in [4.69, 9.17) is 4.74 Å². The summed E-state index contributed by atoms with van der Waals surface area (Å²) in [5.41, 5.74) is -0.495. The third-order valence-corrected chi connectivity index (χ3v) is 4.20. The first-order chi connectivity index (χ1) is 10.6. The zero-order chi connectivity index (χ0) is 15.7. The number of anilines is 1. The number of nitrogens with one attached hydrogen (secondary N) is 1. The molecule has 114 valence electrons. The molecule has 0 aliphatic carbocycles. The van der Waals surface area contributed by atoms with Gasteiger partial charge in [-0.25, -0.2) is 0 Å². The van der Waals surface area contributed by atoms with Crippen LogP contribution in [0.5, 0.6) is 11.6 Å². The van der Waals surface area contributed by atoms with Crippen LogP contribution >= 0.6 is 11.8 Å². The van der Waals surface area contributed by atoms with E-state index in [0.29, 0.717) is 28.9 Å². The van der Waals surface area contributed by atoms with E-state index < -0.39 is 17.3 Å². The molecule has 1 aromatic carbocycles. The van der Waals surface area contributed by atoms with Crippen LogP contribution in [0, 0.1) is 0 Å². The fourth-order valence-electron chi connectivity index (χ4n) is 2.19. The van der Waals surface area contributed by atoms with Crippen molar-refractivity contribution in [1.29, 1.82) is 0 Å². The molecule has 0 bridgehead atoms. The van der Waals surface area contributed by atoms with Gasteiger partial charge in [-0.3, -0.25) is 14.2 Å². The molecule has 0 unspecified atom stereocenters. The highest BCUT2D eigenvalue weighted by atomic mass is 32.2. The lowest BCUT2D eigenvalue weighted by molar-refractivity contribution is 0.102. The Labute approximate surface area is 129 Å². The lowest BCUT2D eigenvalue weighted by atomic mass is 10.2. The van der Waals surface area contributed by atoms with Crippen LogP contribution < -0.4 is 15.6 Å². The highest BCUT2D eigenvalue weighted by molar-refractivity contribution is 7.99. The summed E-state index contributed by atoms with van der Waals surface area (Å²) in [6.45, 7) is 0.473. The van der Waals surface area contributed by atoms with E-state index in [1.165, 1.54) is 23.4 Å². The zero-order valence-corrected chi connectivity index (χ0v) is 12.5. The highest BCUT2D eigenvalue weighted by Crippen LogP contribution is 2.26. The number of fused-ring (bicyclic) bond motifs is 1. The van der Waals surface area contributed by atoms with Gasteiger partial charge < -0.3 is 15.2 Å². The number of para-hydroxylation sites is 2. The molecule has 0 fully saturated rings. The van der Waals surface area contributed by atoms with Gasteiger partial charge in [-0.15, -0.1) is 0 Å². The number of aromatic hydroxyl groups is 1. The monoisotopic (exact) mass is 319 g/mol. The van der Waals surface area contributed by atoms with Gasteiger partial charge >= 0.3 is 0 Å². The molecule has 0 atom stereocenters. The first-order valence-electron chi connectivity index (χ1n) is 6.53. The Kier molecular flexibility index (Phi) is 3.76. The Hall–Kier alpha value is -2.48. The summed E-state index contributed by atoms with van der Waals surface area (Å²) >= 11 is 1.37. The van der Waals surface area contributed by atoms with Crippen molar-refractivity contribution in [2.24, 2.45) is 0 Å². The van der Waals surface area contributed by atoms with Crippen molar-refractivity contribution in [2.75, 3.05) is 18.2 Å². The predicted molar refractivity (Wildman–Crippen MR) is 81.8 cm³/mol. The molecule has 2 aromatic rings. The molecule has 1 aliphatic rings. The van der Waals surface area contributed by atoms with E-state index in [1.54, 1.807) is 24.3 Å². The Morgan fingerprint density at radius 3 is 3.00 bits per heavy atom. The van der Waals surface area contributed by atoms with Crippen LogP contribution in [-0.2, 0) is 6.54 Å². The first-order valence-corrected chi connectivity index (χ1v) is 7.51. The average Bonchev–Trinajstić information content (AvgIpc) is 2.96. The van der Waals surface area contributed by atoms with Gasteiger partial charge in [0.05, 0.1) is 12.8 Å². The number of benzene rings is 1. The summed E-state index contributed by atoms with van der Waals surface area (Å²) in [7, 11) is 1.48. The number of hydrogen-bond acceptors (Lipinski definition) is 6. The summed E-state index contributed by atoms with van der Waals surface area (Å²) in [5, 5.41) is 12.9. The van der Waals surface area contributed by atoms with Gasteiger partial charge in [0.15, 0.2) is 10.7 Å². The smallest absolute Gasteiger partial charge is 0.271 e. The third-order valence-electron chi connectivity index (χ3n) is 3.24. The van der Waals surface area contributed by atoms with Crippen LogP contribution in [0.3, 0.4) is 0 Å². The molecule has 7 nitrogen and oxygen atoms in total. The molecule has 1 amide bonds. The fourth-order valence-corrected chi connectivity index (χ4v) is 3.13. The minimum atomic E-state index is -0.716. The van der Waals surface area contributed by atoms with Crippen molar-refractivity contribution in [3.05, 3.63) is 40.2 Å². The van der Waals surface area contributed by atoms with Gasteiger partial charge in [-0.2, -0.15) is 4.98 Å². The number of amides is 1. The average molecular weight is 319 g/mol. The van der Waals surface area contributed by atoms with Gasteiger partial charge in [0.1, 0.15) is 5.75 Å². The van der Waals surface area contributed by atoms with Crippen LogP contribution in [0.25, 0.3) is 0 Å². The summed E-state index contributed by atoms with van der Waals surface area (Å²) in [6.07, 6.45) is 0. The molecule has 0 saturated carbocycles. The van der Waals surface area contributed by atoms with E-state index in [0.717, 1.165) is 0 Å². The quantitative estimate of drug-likeness (QED) is 0.829. The van der Waals surface area contributed by atoms with Crippen molar-refractivity contribution in [3.63, 3.8) is 0 Å². The van der Waals surface area contributed by atoms with Crippen LogP contribution in [0.1, 0.15) is 10.4 Å². The number of thioether (sulfide) groups is 1. The maximum Gasteiger partial charge on any atom is 0.271 e. The van der Waals surface area contributed by atoms with Crippen molar-refractivity contribution in [2.45, 2.75) is 11.7 Å². The normalized spacial score (nSPS) is 12.8. The molecule has 0 saturated heterocycles. The number of aromatic nitrogens is 2. The molecule has 3 rings (SSSR count). The summed E-state index contributed by atoms with van der Waals surface area (Å²) in [4.78, 5) is 28.6. The van der Waals surface area contributed by atoms with Crippen LogP contribution in [-0.4, -0.2) is 33.4 Å². The second-order valence-electron chi connectivity index (χ2n) is 4.55. The van der Waals surface area contributed by atoms with Crippen LogP contribution in [0.2, 0.25) is 0 Å². The van der Waals surface area contributed by atoms with E-state index in [1.807, 2.05) is 0 Å². The summed E-state index contributed by atoms with van der Waals surface area (Å²) in [6, 6.07) is 6.80. The van der Waals surface area contributed by atoms with Crippen molar-refractivity contribution >= 4 is 23.4 Å². The van der Waals surface area contributed by atoms with Crippen LogP contribution in [0.15, 0.2) is 34.2 Å². The zero-order valence-electron chi connectivity index (χ0n) is 11.7. The predicted octanol–water partition coefficient (Wildman–Crippen LogP) is 1.32. The standard InChI is InChI=1S/C14H13N3O4S/c1-21-9-5-3-2-4-8(9)15-11(18)10-12(19)16-14-17(13(10)20)6-7-22-14/h2-5,19H,6-7H2,1H3,(H,15,18). The van der Waals surface area contributed by atoms with E-state index >= 15 is 0 Å². The maximum atomic E-state index is 12.3. The van der Waals surface area contributed by atoms with E-state index in [9.17, 15) is 14.7 Å². The summed E-state index contributed by atoms with van der Waals surface area (Å²) in [5.74, 6) is -0.121. The van der Waals surface area contributed by atoms with Gasteiger partial charge in [0, 0.05) is 12.3 Å². The van der Waals surface area contributed by atoms with Crippen molar-refractivity contribution in [3.8, 4) is 11.6 Å². The SMILES string of the molecule is COc1ccccc1NC(=O)c1c(O)nc2n(c1=O)CCS2. The van der Waals surface area contributed by atoms with Gasteiger partial charge in [-0.1, -0.05) is 23.9 Å². The van der Waals surface area contributed by atoms with Gasteiger partial charge in [0.25, 0.3) is 11.5 Å². The largest absolute Gasteiger partial charge is 0.495 e. The lowest BCUT2D eigenvalue weighted by Crippen LogP contribution is -2.30. The second-order valence-corrected chi connectivity index (χ2v) is 5.61. The number of carbonyl (C=O) groups excluding carboxylic acids is 1. The number of nitrogens with zero attached hydrogens (tertiary/aromatic N) is 2. The van der Waals surface area contributed by atoms with Crippen molar-refractivity contribution in [1.82, 2.24) is 9.55 Å². The third kappa shape index (κ3) is 2.41. The number of methoxy groups -OCH3 is 1. The molecule has 0 radical (unpaired) electrons. The molecule has 22 heavy (non-hydrogen) atoms. The van der Waals surface area contributed by atoms with E-state index in [2.05, 4.69) is 10.3 Å².